The zero-order valence-corrected chi connectivity index (χ0v) is 18.2. The van der Waals surface area contributed by atoms with Crippen molar-refractivity contribution in [2.45, 2.75) is 26.9 Å². The van der Waals surface area contributed by atoms with Crippen LogP contribution in [0, 0.1) is 13.8 Å². The van der Waals surface area contributed by atoms with E-state index in [2.05, 4.69) is 48.4 Å². The van der Waals surface area contributed by atoms with Crippen molar-refractivity contribution in [3.8, 4) is 11.1 Å². The number of carbonyl (C=O) groups is 1. The highest BCUT2D eigenvalue weighted by atomic mass is 16.2. The molecule has 0 fully saturated rings. The number of benzene rings is 3. The highest BCUT2D eigenvalue weighted by Gasteiger charge is 2.22. The van der Waals surface area contributed by atoms with Crippen LogP contribution in [0.2, 0.25) is 0 Å². The topological polar surface area (TPSA) is 38.1 Å². The summed E-state index contributed by atoms with van der Waals surface area (Å²) in [6, 6.07) is 28.7. The minimum atomic E-state index is -0.0192. The molecular weight excluding hydrogens is 382 g/mol. The maximum absolute atomic E-state index is 13.6. The van der Waals surface area contributed by atoms with Gasteiger partial charge in [0, 0.05) is 20.1 Å². The summed E-state index contributed by atoms with van der Waals surface area (Å²) in [7, 11) is 1.82. The highest BCUT2D eigenvalue weighted by molar-refractivity contribution is 5.92. The monoisotopic (exact) mass is 409 g/mol. The molecule has 0 atom stereocenters. The normalized spacial score (nSPS) is 10.8. The molecule has 4 aromatic rings. The van der Waals surface area contributed by atoms with Crippen LogP contribution in [0.4, 0.5) is 0 Å². The molecular formula is C27H27N3O. The Morgan fingerprint density at radius 2 is 1.45 bits per heavy atom. The Morgan fingerprint density at radius 3 is 2.13 bits per heavy atom. The van der Waals surface area contributed by atoms with E-state index in [9.17, 15) is 4.79 Å². The summed E-state index contributed by atoms with van der Waals surface area (Å²) in [5, 5.41) is 4.38. The van der Waals surface area contributed by atoms with Gasteiger partial charge in [0.1, 0.15) is 5.69 Å². The fourth-order valence-corrected chi connectivity index (χ4v) is 3.93. The van der Waals surface area contributed by atoms with Crippen molar-refractivity contribution >= 4 is 5.91 Å². The first-order valence-corrected chi connectivity index (χ1v) is 10.5. The van der Waals surface area contributed by atoms with Gasteiger partial charge in [0.2, 0.25) is 0 Å². The first-order valence-electron chi connectivity index (χ1n) is 10.5. The van der Waals surface area contributed by atoms with Crippen LogP contribution in [0.1, 0.15) is 32.9 Å². The standard InChI is InChI=1S/C27H27N3O/c1-20-11-7-8-14-23(20)18-30(27(31)26-17-21(2)28-29(26)3)19-24-15-9-10-16-25(24)22-12-5-4-6-13-22/h4-17H,18-19H2,1-3H3. The maximum atomic E-state index is 13.6. The molecule has 0 bridgehead atoms. The number of aryl methyl sites for hydroxylation is 3. The lowest BCUT2D eigenvalue weighted by Crippen LogP contribution is -2.32. The number of amides is 1. The lowest BCUT2D eigenvalue weighted by atomic mass is 9.99. The minimum Gasteiger partial charge on any atom is -0.329 e. The molecule has 0 aliphatic rings. The Hall–Kier alpha value is -3.66. The summed E-state index contributed by atoms with van der Waals surface area (Å²) >= 11 is 0. The van der Waals surface area contributed by atoms with Crippen molar-refractivity contribution in [3.63, 3.8) is 0 Å². The van der Waals surface area contributed by atoms with Crippen LogP contribution in [0.15, 0.2) is 84.9 Å². The van der Waals surface area contributed by atoms with Gasteiger partial charge in [-0.25, -0.2) is 0 Å². The van der Waals surface area contributed by atoms with Gasteiger partial charge in [-0.15, -0.1) is 0 Å². The number of carbonyl (C=O) groups excluding carboxylic acids is 1. The minimum absolute atomic E-state index is 0.0192. The molecule has 1 amide bonds. The molecule has 156 valence electrons. The number of nitrogens with zero attached hydrogens (tertiary/aromatic N) is 3. The van der Waals surface area contributed by atoms with Crippen molar-refractivity contribution in [2.75, 3.05) is 0 Å². The second kappa shape index (κ2) is 9.00. The number of hydrogen-bond donors (Lipinski definition) is 0. The second-order valence-electron chi connectivity index (χ2n) is 7.91. The van der Waals surface area contributed by atoms with Crippen molar-refractivity contribution in [1.82, 2.24) is 14.7 Å². The molecule has 0 aliphatic heterocycles. The Bertz CT molecular complexity index is 1190. The molecule has 0 radical (unpaired) electrons. The first kappa shape index (κ1) is 20.6. The van der Waals surface area contributed by atoms with Gasteiger partial charge >= 0.3 is 0 Å². The van der Waals surface area contributed by atoms with Crippen molar-refractivity contribution in [2.24, 2.45) is 7.05 Å². The van der Waals surface area contributed by atoms with Gasteiger partial charge in [-0.2, -0.15) is 5.10 Å². The van der Waals surface area contributed by atoms with E-state index in [-0.39, 0.29) is 5.91 Å². The van der Waals surface area contributed by atoms with Gasteiger partial charge in [0.25, 0.3) is 5.91 Å². The molecule has 1 aromatic heterocycles. The Labute approximate surface area is 183 Å². The molecule has 0 saturated heterocycles. The molecule has 0 aliphatic carbocycles. The van der Waals surface area contributed by atoms with Crippen LogP contribution >= 0.6 is 0 Å². The average molecular weight is 410 g/mol. The Kier molecular flexibility index (Phi) is 5.99. The van der Waals surface area contributed by atoms with Gasteiger partial charge in [0.05, 0.1) is 5.69 Å². The predicted octanol–water partition coefficient (Wildman–Crippen LogP) is 5.55. The van der Waals surface area contributed by atoms with E-state index in [0.29, 0.717) is 18.8 Å². The number of hydrogen-bond acceptors (Lipinski definition) is 2. The van der Waals surface area contributed by atoms with Crippen molar-refractivity contribution in [3.05, 3.63) is 113 Å². The molecule has 4 rings (SSSR count). The van der Waals surface area contributed by atoms with E-state index >= 15 is 0 Å². The lowest BCUT2D eigenvalue weighted by Gasteiger charge is -2.25. The quantitative estimate of drug-likeness (QED) is 0.419. The summed E-state index contributed by atoms with van der Waals surface area (Å²) < 4.78 is 1.67. The zero-order valence-electron chi connectivity index (χ0n) is 18.2. The number of aromatic nitrogens is 2. The summed E-state index contributed by atoms with van der Waals surface area (Å²) in [6.07, 6.45) is 0. The SMILES string of the molecule is Cc1cc(C(=O)N(Cc2ccccc2C)Cc2ccccc2-c2ccccc2)n(C)n1. The molecule has 0 unspecified atom stereocenters. The number of rotatable bonds is 6. The third-order valence-corrected chi connectivity index (χ3v) is 5.59. The lowest BCUT2D eigenvalue weighted by molar-refractivity contribution is 0.0719. The molecule has 0 N–H and O–H groups in total. The predicted molar refractivity (Wildman–Crippen MR) is 125 cm³/mol. The van der Waals surface area contributed by atoms with Crippen molar-refractivity contribution in [1.29, 1.82) is 0 Å². The highest BCUT2D eigenvalue weighted by Crippen LogP contribution is 2.26. The van der Waals surface area contributed by atoms with Crippen LogP contribution < -0.4 is 0 Å². The molecule has 0 spiro atoms. The Balaban J connectivity index is 1.73. The first-order chi connectivity index (χ1) is 15.0. The third kappa shape index (κ3) is 4.58. The smallest absolute Gasteiger partial charge is 0.272 e. The van der Waals surface area contributed by atoms with Gasteiger partial charge in [-0.3, -0.25) is 9.48 Å². The van der Waals surface area contributed by atoms with E-state index in [1.54, 1.807) is 4.68 Å². The Morgan fingerprint density at radius 1 is 0.839 bits per heavy atom. The largest absolute Gasteiger partial charge is 0.329 e. The summed E-state index contributed by atoms with van der Waals surface area (Å²) in [6.45, 7) is 5.05. The van der Waals surface area contributed by atoms with Gasteiger partial charge in [-0.05, 0) is 47.7 Å². The van der Waals surface area contributed by atoms with E-state index in [1.807, 2.05) is 67.4 Å². The summed E-state index contributed by atoms with van der Waals surface area (Å²) in [4.78, 5) is 15.5. The van der Waals surface area contributed by atoms with E-state index in [0.717, 1.165) is 27.9 Å². The van der Waals surface area contributed by atoms with Gasteiger partial charge in [-0.1, -0.05) is 78.9 Å². The third-order valence-electron chi connectivity index (χ3n) is 5.59. The second-order valence-corrected chi connectivity index (χ2v) is 7.91. The molecule has 0 saturated carbocycles. The van der Waals surface area contributed by atoms with Gasteiger partial charge in [0.15, 0.2) is 0 Å². The molecule has 1 heterocycles. The van der Waals surface area contributed by atoms with E-state index in [4.69, 9.17) is 0 Å². The average Bonchev–Trinajstić information content (AvgIpc) is 3.13. The maximum Gasteiger partial charge on any atom is 0.272 e. The van der Waals surface area contributed by atoms with Crippen LogP contribution in [-0.2, 0) is 20.1 Å². The fraction of sp³-hybridized carbons (Fsp3) is 0.185. The molecule has 4 nitrogen and oxygen atoms in total. The fourth-order valence-electron chi connectivity index (χ4n) is 3.93. The summed E-state index contributed by atoms with van der Waals surface area (Å²) in [5.74, 6) is -0.0192. The van der Waals surface area contributed by atoms with Crippen LogP contribution in [0.3, 0.4) is 0 Å². The molecule has 4 heteroatoms. The van der Waals surface area contributed by atoms with Crippen LogP contribution in [0.25, 0.3) is 11.1 Å². The summed E-state index contributed by atoms with van der Waals surface area (Å²) in [5.41, 5.74) is 7.18. The molecule has 3 aromatic carbocycles. The van der Waals surface area contributed by atoms with Gasteiger partial charge < -0.3 is 4.90 Å². The molecule has 31 heavy (non-hydrogen) atoms. The van der Waals surface area contributed by atoms with Crippen molar-refractivity contribution < 1.29 is 4.79 Å². The van der Waals surface area contributed by atoms with E-state index in [1.165, 1.54) is 5.56 Å². The van der Waals surface area contributed by atoms with Crippen LogP contribution in [-0.4, -0.2) is 20.6 Å². The van der Waals surface area contributed by atoms with E-state index < -0.39 is 0 Å². The zero-order chi connectivity index (χ0) is 21.8. The van der Waals surface area contributed by atoms with Crippen LogP contribution in [0.5, 0.6) is 0 Å².